The number of carbonyl (C=O) groups is 1. The molecule has 0 unspecified atom stereocenters. The number of aryl methyl sites for hydroxylation is 1. The first kappa shape index (κ1) is 16.6. The Labute approximate surface area is 153 Å². The number of phenolic OH excluding ortho intramolecular Hbond substituents is 1. The first-order chi connectivity index (χ1) is 12.7. The molecule has 0 aliphatic carbocycles. The first-order valence-corrected chi connectivity index (χ1v) is 9.27. The lowest BCUT2D eigenvalue weighted by molar-refractivity contribution is -0.132. The number of amides is 1. The summed E-state index contributed by atoms with van der Waals surface area (Å²) < 4.78 is 0. The van der Waals surface area contributed by atoms with Crippen LogP contribution in [0.15, 0.2) is 66.7 Å². The molecule has 1 heterocycles. The molecule has 1 aliphatic rings. The van der Waals surface area contributed by atoms with Crippen molar-refractivity contribution in [2.24, 2.45) is 0 Å². The fraction of sp³-hybridized carbons (Fsp3) is 0.261. The summed E-state index contributed by atoms with van der Waals surface area (Å²) in [6.45, 7) is 0.822. The Hall–Kier alpha value is -2.81. The van der Waals surface area contributed by atoms with Crippen molar-refractivity contribution in [3.05, 3.63) is 77.9 Å². The molecule has 1 fully saturated rings. The molecule has 3 aromatic carbocycles. The van der Waals surface area contributed by atoms with E-state index in [2.05, 4.69) is 30.3 Å². The Bertz CT molecular complexity index is 917. The van der Waals surface area contributed by atoms with Gasteiger partial charge in [-0.05, 0) is 53.3 Å². The van der Waals surface area contributed by atoms with Gasteiger partial charge in [-0.25, -0.2) is 0 Å². The van der Waals surface area contributed by atoms with Crippen molar-refractivity contribution in [1.29, 1.82) is 0 Å². The van der Waals surface area contributed by atoms with Gasteiger partial charge in [0.1, 0.15) is 5.75 Å². The van der Waals surface area contributed by atoms with Crippen molar-refractivity contribution < 1.29 is 9.90 Å². The molecule has 132 valence electrons. The van der Waals surface area contributed by atoms with E-state index in [1.54, 1.807) is 12.1 Å². The fourth-order valence-corrected chi connectivity index (χ4v) is 3.90. The number of aromatic hydroxyl groups is 1. The van der Waals surface area contributed by atoms with E-state index in [-0.39, 0.29) is 17.7 Å². The normalized spacial score (nSPS) is 16.9. The predicted molar refractivity (Wildman–Crippen MR) is 104 cm³/mol. The molecule has 1 atom stereocenters. The highest BCUT2D eigenvalue weighted by Gasteiger charge is 2.29. The van der Waals surface area contributed by atoms with Crippen molar-refractivity contribution in [2.45, 2.75) is 31.7 Å². The highest BCUT2D eigenvalue weighted by atomic mass is 16.3. The number of phenols is 1. The van der Waals surface area contributed by atoms with Crippen LogP contribution in [0.25, 0.3) is 10.8 Å². The number of nitrogens with zero attached hydrogens (tertiary/aromatic N) is 1. The third-order valence-corrected chi connectivity index (χ3v) is 5.29. The Balaban J connectivity index is 1.44. The summed E-state index contributed by atoms with van der Waals surface area (Å²) in [4.78, 5) is 14.8. The maximum atomic E-state index is 12.8. The summed E-state index contributed by atoms with van der Waals surface area (Å²) >= 11 is 0. The smallest absolute Gasteiger partial charge is 0.223 e. The summed E-state index contributed by atoms with van der Waals surface area (Å²) in [6, 6.07) is 22.1. The minimum atomic E-state index is 0.139. The van der Waals surface area contributed by atoms with Crippen LogP contribution in [0, 0.1) is 0 Å². The molecule has 0 radical (unpaired) electrons. The standard InChI is InChI=1S/C23H23NO2/c25-21-12-10-19(11-13-21)22-6-3-15-24(22)23(26)14-8-17-7-9-18-4-1-2-5-20(18)16-17/h1-2,4-5,7,9-13,16,22,25H,3,6,8,14-15H2/t22-/m1/s1. The lowest BCUT2D eigenvalue weighted by Crippen LogP contribution is -2.30. The van der Waals surface area contributed by atoms with E-state index in [0.717, 1.165) is 31.4 Å². The Morgan fingerprint density at radius 1 is 1.00 bits per heavy atom. The number of hydrogen-bond acceptors (Lipinski definition) is 2. The van der Waals surface area contributed by atoms with Gasteiger partial charge in [-0.15, -0.1) is 0 Å². The largest absolute Gasteiger partial charge is 0.508 e. The van der Waals surface area contributed by atoms with Crippen LogP contribution in [-0.2, 0) is 11.2 Å². The van der Waals surface area contributed by atoms with Gasteiger partial charge < -0.3 is 10.0 Å². The van der Waals surface area contributed by atoms with Crippen LogP contribution in [0.3, 0.4) is 0 Å². The van der Waals surface area contributed by atoms with Gasteiger partial charge >= 0.3 is 0 Å². The maximum Gasteiger partial charge on any atom is 0.223 e. The number of hydrogen-bond donors (Lipinski definition) is 1. The second-order valence-corrected chi connectivity index (χ2v) is 7.02. The predicted octanol–water partition coefficient (Wildman–Crippen LogP) is 4.84. The van der Waals surface area contributed by atoms with Gasteiger partial charge in [0.25, 0.3) is 0 Å². The molecule has 0 saturated carbocycles. The van der Waals surface area contributed by atoms with Crippen molar-refractivity contribution in [3.8, 4) is 5.75 Å². The minimum absolute atomic E-state index is 0.139. The van der Waals surface area contributed by atoms with E-state index in [1.807, 2.05) is 29.2 Å². The van der Waals surface area contributed by atoms with Crippen molar-refractivity contribution >= 4 is 16.7 Å². The van der Waals surface area contributed by atoms with Crippen LogP contribution in [0.1, 0.15) is 36.4 Å². The Kier molecular flexibility index (Phi) is 4.61. The van der Waals surface area contributed by atoms with Gasteiger partial charge in [0.05, 0.1) is 6.04 Å². The van der Waals surface area contributed by atoms with Gasteiger partial charge in [-0.3, -0.25) is 4.79 Å². The molecule has 1 amide bonds. The molecular weight excluding hydrogens is 322 g/mol. The number of fused-ring (bicyclic) bond motifs is 1. The Morgan fingerprint density at radius 2 is 1.77 bits per heavy atom. The van der Waals surface area contributed by atoms with E-state index < -0.39 is 0 Å². The molecule has 3 nitrogen and oxygen atoms in total. The molecular formula is C23H23NO2. The highest BCUT2D eigenvalue weighted by molar-refractivity contribution is 5.83. The topological polar surface area (TPSA) is 40.5 Å². The summed E-state index contributed by atoms with van der Waals surface area (Å²) in [5, 5.41) is 11.9. The van der Waals surface area contributed by atoms with Gasteiger partial charge in [0.2, 0.25) is 5.91 Å². The number of likely N-dealkylation sites (tertiary alicyclic amines) is 1. The van der Waals surface area contributed by atoms with Gasteiger partial charge in [-0.2, -0.15) is 0 Å². The monoisotopic (exact) mass is 345 g/mol. The molecule has 0 spiro atoms. The van der Waals surface area contributed by atoms with Gasteiger partial charge in [-0.1, -0.05) is 54.6 Å². The third kappa shape index (κ3) is 3.43. The molecule has 3 heteroatoms. The minimum Gasteiger partial charge on any atom is -0.508 e. The SMILES string of the molecule is O=C(CCc1ccc2ccccc2c1)N1CCC[C@@H]1c1ccc(O)cc1. The van der Waals surface area contributed by atoms with E-state index in [4.69, 9.17) is 0 Å². The fourth-order valence-electron chi connectivity index (χ4n) is 3.90. The average Bonchev–Trinajstić information content (AvgIpc) is 3.16. The van der Waals surface area contributed by atoms with Crippen LogP contribution in [0.2, 0.25) is 0 Å². The molecule has 4 rings (SSSR count). The quantitative estimate of drug-likeness (QED) is 0.735. The summed E-state index contributed by atoms with van der Waals surface area (Å²) in [5.74, 6) is 0.481. The van der Waals surface area contributed by atoms with E-state index in [9.17, 15) is 9.90 Å². The van der Waals surface area contributed by atoms with Crippen molar-refractivity contribution in [1.82, 2.24) is 4.90 Å². The number of benzene rings is 3. The average molecular weight is 345 g/mol. The number of carbonyl (C=O) groups excluding carboxylic acids is 1. The second-order valence-electron chi connectivity index (χ2n) is 7.02. The Morgan fingerprint density at radius 3 is 2.58 bits per heavy atom. The molecule has 26 heavy (non-hydrogen) atoms. The zero-order valence-corrected chi connectivity index (χ0v) is 14.8. The first-order valence-electron chi connectivity index (χ1n) is 9.27. The zero-order chi connectivity index (χ0) is 17.9. The molecule has 1 aliphatic heterocycles. The van der Waals surface area contributed by atoms with Gasteiger partial charge in [0.15, 0.2) is 0 Å². The van der Waals surface area contributed by atoms with Crippen LogP contribution < -0.4 is 0 Å². The third-order valence-electron chi connectivity index (χ3n) is 5.29. The number of rotatable bonds is 4. The molecule has 3 aromatic rings. The molecule has 1 saturated heterocycles. The zero-order valence-electron chi connectivity index (χ0n) is 14.8. The van der Waals surface area contributed by atoms with Crippen LogP contribution >= 0.6 is 0 Å². The van der Waals surface area contributed by atoms with E-state index >= 15 is 0 Å². The second kappa shape index (κ2) is 7.20. The summed E-state index contributed by atoms with van der Waals surface area (Å²) in [5.41, 5.74) is 2.32. The van der Waals surface area contributed by atoms with Crippen molar-refractivity contribution in [2.75, 3.05) is 6.54 Å². The maximum absolute atomic E-state index is 12.8. The summed E-state index contributed by atoms with van der Waals surface area (Å²) in [6.07, 6.45) is 3.33. The van der Waals surface area contributed by atoms with E-state index in [1.165, 1.54) is 16.3 Å². The molecule has 0 aromatic heterocycles. The van der Waals surface area contributed by atoms with Gasteiger partial charge in [0, 0.05) is 13.0 Å². The highest BCUT2D eigenvalue weighted by Crippen LogP contribution is 2.33. The molecule has 1 N–H and O–H groups in total. The van der Waals surface area contributed by atoms with Crippen LogP contribution in [0.4, 0.5) is 0 Å². The van der Waals surface area contributed by atoms with E-state index in [0.29, 0.717) is 6.42 Å². The lowest BCUT2D eigenvalue weighted by Gasteiger charge is -2.25. The van der Waals surface area contributed by atoms with Crippen molar-refractivity contribution in [3.63, 3.8) is 0 Å². The van der Waals surface area contributed by atoms with Crippen LogP contribution in [0.5, 0.6) is 5.75 Å². The molecule has 0 bridgehead atoms. The van der Waals surface area contributed by atoms with Crippen LogP contribution in [-0.4, -0.2) is 22.5 Å². The summed E-state index contributed by atoms with van der Waals surface area (Å²) in [7, 11) is 0. The lowest BCUT2D eigenvalue weighted by atomic mass is 10.0.